The smallest absolute Gasteiger partial charge is 0.227 e. The molecule has 0 radical (unpaired) electrons. The number of nitrogens with zero attached hydrogens (tertiary/aromatic N) is 3. The number of carbonyl (C=O) groups excluding carboxylic acids is 1. The van der Waals surface area contributed by atoms with Crippen LogP contribution in [0.25, 0.3) is 0 Å². The average molecular weight is 346 g/mol. The van der Waals surface area contributed by atoms with Crippen molar-refractivity contribution < 1.29 is 4.79 Å². The van der Waals surface area contributed by atoms with E-state index in [-0.39, 0.29) is 5.91 Å². The summed E-state index contributed by atoms with van der Waals surface area (Å²) in [6, 6.07) is 6.35. The number of carbonyl (C=O) groups is 1. The topological polar surface area (TPSA) is 35.9 Å². The van der Waals surface area contributed by atoms with E-state index in [9.17, 15) is 4.79 Å². The second-order valence-corrected chi connectivity index (χ2v) is 6.83. The molecule has 24 heavy (non-hydrogen) atoms. The van der Waals surface area contributed by atoms with Gasteiger partial charge < -0.3 is 9.80 Å². The Labute approximate surface area is 149 Å². The zero-order chi connectivity index (χ0) is 17.5. The minimum absolute atomic E-state index is 0.165. The van der Waals surface area contributed by atoms with Crippen LogP contribution in [0.4, 0.5) is 11.4 Å². The van der Waals surface area contributed by atoms with Crippen molar-refractivity contribution in [3.8, 4) is 0 Å². The number of rotatable bonds is 7. The highest BCUT2D eigenvalue weighted by Gasteiger charge is 2.21. The van der Waals surface area contributed by atoms with Crippen LogP contribution in [-0.2, 0) is 11.2 Å². The first kappa shape index (κ1) is 18.6. The molecule has 0 saturated carbocycles. The van der Waals surface area contributed by atoms with E-state index in [1.54, 1.807) is 16.7 Å². The van der Waals surface area contributed by atoms with Gasteiger partial charge in [0.15, 0.2) is 0 Å². The van der Waals surface area contributed by atoms with Crippen molar-refractivity contribution in [2.45, 2.75) is 26.7 Å². The minimum atomic E-state index is 0.165. The van der Waals surface area contributed by atoms with E-state index in [2.05, 4.69) is 34.2 Å². The first-order chi connectivity index (χ1) is 11.6. The summed E-state index contributed by atoms with van der Waals surface area (Å²) in [5.41, 5.74) is 4.61. The molecule has 1 aromatic rings. The molecule has 0 atom stereocenters. The van der Waals surface area contributed by atoms with E-state index < -0.39 is 0 Å². The maximum absolute atomic E-state index is 12.3. The summed E-state index contributed by atoms with van der Waals surface area (Å²) < 4.78 is 0. The minimum Gasteiger partial charge on any atom is -0.365 e. The molecule has 1 aromatic carbocycles. The molecular formula is C19H27N3OS. The molecule has 0 spiro atoms. The van der Waals surface area contributed by atoms with Crippen molar-refractivity contribution in [2.75, 3.05) is 41.9 Å². The lowest BCUT2D eigenvalue weighted by atomic mass is 10.1. The summed E-state index contributed by atoms with van der Waals surface area (Å²) in [4.78, 5) is 20.8. The number of aliphatic imine (C=N–C) groups is 1. The molecule has 1 aliphatic rings. The van der Waals surface area contributed by atoms with Crippen molar-refractivity contribution in [3.63, 3.8) is 0 Å². The third-order valence-corrected chi connectivity index (χ3v) is 4.94. The Hall–Kier alpha value is -1.75. The lowest BCUT2D eigenvalue weighted by Crippen LogP contribution is -2.27. The van der Waals surface area contributed by atoms with Crippen molar-refractivity contribution in [1.82, 2.24) is 0 Å². The third-order valence-electron chi connectivity index (χ3n) is 4.32. The Morgan fingerprint density at radius 3 is 2.88 bits per heavy atom. The number of anilines is 2. The Balaban J connectivity index is 2.17. The van der Waals surface area contributed by atoms with E-state index in [4.69, 9.17) is 0 Å². The summed E-state index contributed by atoms with van der Waals surface area (Å²) in [6.07, 6.45) is 7.54. The largest absolute Gasteiger partial charge is 0.365 e. The number of amides is 1. The Morgan fingerprint density at radius 1 is 1.42 bits per heavy atom. The first-order valence-electron chi connectivity index (χ1n) is 8.38. The lowest BCUT2D eigenvalue weighted by molar-refractivity contribution is -0.117. The number of hydrogen-bond donors (Lipinski definition) is 0. The van der Waals surface area contributed by atoms with E-state index in [0.29, 0.717) is 6.42 Å². The predicted octanol–water partition coefficient (Wildman–Crippen LogP) is 3.76. The average Bonchev–Trinajstić information content (AvgIpc) is 3.00. The monoisotopic (exact) mass is 345 g/mol. The van der Waals surface area contributed by atoms with E-state index in [1.165, 1.54) is 11.3 Å². The zero-order valence-electron chi connectivity index (χ0n) is 15.1. The summed E-state index contributed by atoms with van der Waals surface area (Å²) in [5.74, 6) is 1.03. The molecule has 0 N–H and O–H groups in total. The van der Waals surface area contributed by atoms with E-state index in [0.717, 1.165) is 36.6 Å². The van der Waals surface area contributed by atoms with Crippen LogP contribution < -0.4 is 9.80 Å². The number of thioether (sulfide) groups is 1. The molecule has 1 amide bonds. The molecule has 0 fully saturated rings. The Morgan fingerprint density at radius 2 is 2.21 bits per heavy atom. The molecule has 1 heterocycles. The molecular weight excluding hydrogens is 318 g/mol. The Bertz CT molecular complexity index is 639. The fourth-order valence-electron chi connectivity index (χ4n) is 2.88. The van der Waals surface area contributed by atoms with Crippen LogP contribution in [0.2, 0.25) is 0 Å². The van der Waals surface area contributed by atoms with Gasteiger partial charge >= 0.3 is 0 Å². The second kappa shape index (κ2) is 8.92. The van der Waals surface area contributed by atoms with Gasteiger partial charge in [-0.1, -0.05) is 12.1 Å². The highest BCUT2D eigenvalue weighted by molar-refractivity contribution is 7.98. The second-order valence-electron chi connectivity index (χ2n) is 5.85. The molecule has 2 rings (SSSR count). The van der Waals surface area contributed by atoms with E-state index >= 15 is 0 Å². The first-order valence-corrected chi connectivity index (χ1v) is 9.77. The van der Waals surface area contributed by atoms with Crippen LogP contribution in [-0.4, -0.2) is 44.3 Å². The summed E-state index contributed by atoms with van der Waals surface area (Å²) in [6.45, 7) is 5.77. The molecule has 0 aromatic heterocycles. The molecule has 0 aliphatic carbocycles. The fourth-order valence-corrected chi connectivity index (χ4v) is 3.25. The molecule has 1 aliphatic heterocycles. The van der Waals surface area contributed by atoms with Gasteiger partial charge in [0.2, 0.25) is 5.91 Å². The molecule has 4 nitrogen and oxygen atoms in total. The molecule has 5 heteroatoms. The zero-order valence-corrected chi connectivity index (χ0v) is 15.9. The molecule has 130 valence electrons. The Kier molecular flexibility index (Phi) is 6.91. The van der Waals surface area contributed by atoms with Gasteiger partial charge in [0, 0.05) is 43.4 Å². The molecule has 0 bridgehead atoms. The fraction of sp³-hybridized carbons (Fsp3) is 0.474. The summed E-state index contributed by atoms with van der Waals surface area (Å²) in [7, 11) is 1.86. The van der Waals surface area contributed by atoms with Crippen LogP contribution >= 0.6 is 11.8 Å². The van der Waals surface area contributed by atoms with E-state index in [1.807, 2.05) is 33.4 Å². The van der Waals surface area contributed by atoms with Crippen molar-refractivity contribution >= 4 is 35.3 Å². The predicted molar refractivity (Wildman–Crippen MR) is 107 cm³/mol. The summed E-state index contributed by atoms with van der Waals surface area (Å²) in [5, 5.41) is 0. The van der Waals surface area contributed by atoms with Gasteiger partial charge in [-0.3, -0.25) is 9.79 Å². The quantitative estimate of drug-likeness (QED) is 0.706. The number of fused-ring (bicyclic) bond motifs is 1. The van der Waals surface area contributed by atoms with Crippen molar-refractivity contribution in [1.29, 1.82) is 0 Å². The number of benzene rings is 1. The van der Waals surface area contributed by atoms with Gasteiger partial charge in [-0.25, -0.2) is 0 Å². The maximum atomic E-state index is 12.3. The summed E-state index contributed by atoms with van der Waals surface area (Å²) >= 11 is 1.70. The van der Waals surface area contributed by atoms with Crippen molar-refractivity contribution in [2.24, 2.45) is 4.99 Å². The van der Waals surface area contributed by atoms with Gasteiger partial charge in [0.05, 0.1) is 12.2 Å². The van der Waals surface area contributed by atoms with Crippen molar-refractivity contribution in [3.05, 3.63) is 35.5 Å². The third kappa shape index (κ3) is 4.41. The highest BCUT2D eigenvalue weighted by atomic mass is 32.2. The highest BCUT2D eigenvalue weighted by Crippen LogP contribution is 2.32. The normalized spacial score (nSPS) is 14.3. The number of allylic oxidation sites excluding steroid dienone is 1. The van der Waals surface area contributed by atoms with Crippen LogP contribution in [0.15, 0.2) is 35.0 Å². The van der Waals surface area contributed by atoms with Crippen LogP contribution in [0.5, 0.6) is 0 Å². The lowest BCUT2D eigenvalue weighted by Gasteiger charge is -2.23. The maximum Gasteiger partial charge on any atom is 0.227 e. The standard InChI is InChI=1S/C19H27N3OS/c1-5-16(20-6-2)14-22-11-9-15-7-8-17(13-18(15)22)21(3)19(23)10-12-24-4/h5-8,13H,9-12,14H2,1-4H3/b16-5-,20-6?. The van der Waals surface area contributed by atoms with Gasteiger partial charge in [-0.05, 0) is 44.2 Å². The van der Waals surface area contributed by atoms with Gasteiger partial charge in [0.25, 0.3) is 0 Å². The molecule has 0 saturated heterocycles. The van der Waals surface area contributed by atoms with Gasteiger partial charge in [-0.2, -0.15) is 11.8 Å². The van der Waals surface area contributed by atoms with Crippen LogP contribution in [0.1, 0.15) is 25.8 Å². The van der Waals surface area contributed by atoms with Crippen LogP contribution in [0, 0.1) is 0 Å². The molecule has 0 unspecified atom stereocenters. The van der Waals surface area contributed by atoms with Gasteiger partial charge in [0.1, 0.15) is 0 Å². The van der Waals surface area contributed by atoms with Gasteiger partial charge in [-0.15, -0.1) is 0 Å². The SMILES string of the molecule is CC=N/C(=C\C)CN1CCc2ccc(N(C)C(=O)CCSC)cc21. The van der Waals surface area contributed by atoms with Crippen LogP contribution in [0.3, 0.4) is 0 Å². The number of hydrogen-bond acceptors (Lipinski definition) is 4.